The second-order valence-corrected chi connectivity index (χ2v) is 6.46. The van der Waals surface area contributed by atoms with E-state index in [1.807, 2.05) is 0 Å². The van der Waals surface area contributed by atoms with Crippen molar-refractivity contribution in [3.63, 3.8) is 0 Å². The molecule has 0 amide bonds. The average Bonchev–Trinajstić information content (AvgIpc) is 2.31. The molecule has 1 rings (SSSR count). The summed E-state index contributed by atoms with van der Waals surface area (Å²) in [5, 5.41) is 19.0. The largest absolute Gasteiger partial charge is 0.470 e. The van der Waals surface area contributed by atoms with Gasteiger partial charge in [0.1, 0.15) is 24.4 Å². The highest BCUT2D eigenvalue weighted by Crippen LogP contribution is 2.46. The lowest BCUT2D eigenvalue weighted by atomic mass is 9.99. The third-order valence-corrected chi connectivity index (χ3v) is 3.58. The van der Waals surface area contributed by atoms with Crippen LogP contribution in [0.15, 0.2) is 0 Å². The van der Waals surface area contributed by atoms with Crippen LogP contribution in [0.25, 0.3) is 0 Å². The lowest BCUT2D eigenvalue weighted by Gasteiger charge is -2.42. The quantitative estimate of drug-likeness (QED) is 0.279. The van der Waals surface area contributed by atoms with E-state index in [0.29, 0.717) is 0 Å². The topological polar surface area (TPSA) is 192 Å². The van der Waals surface area contributed by atoms with Gasteiger partial charge in [0.25, 0.3) is 0 Å². The van der Waals surface area contributed by atoms with Crippen LogP contribution in [0.4, 0.5) is 0 Å². The van der Waals surface area contributed by atoms with Crippen LogP contribution in [0, 0.1) is 0 Å². The zero-order valence-corrected chi connectivity index (χ0v) is 12.4. The normalized spacial score (nSPS) is 34.9. The van der Waals surface area contributed by atoms with Gasteiger partial charge in [0.05, 0.1) is 6.61 Å². The van der Waals surface area contributed by atoms with Gasteiger partial charge in [0.15, 0.2) is 6.29 Å². The minimum absolute atomic E-state index is 0.835. The van der Waals surface area contributed by atoms with Crippen LogP contribution in [-0.2, 0) is 27.7 Å². The maximum absolute atomic E-state index is 10.9. The highest BCUT2D eigenvalue weighted by Gasteiger charge is 2.51. The van der Waals surface area contributed by atoms with Crippen molar-refractivity contribution in [3.05, 3.63) is 0 Å². The Labute approximate surface area is 118 Å². The molecule has 0 unspecified atom stereocenters. The summed E-state index contributed by atoms with van der Waals surface area (Å²) in [6.45, 7) is -0.835. The Hall–Kier alpha value is 0.0600. The standard InChI is InChI=1S/C7H16O12P2/c1-16-7-4(9)6(19-21(13,14)15)5(3(2-8)17-7)18-20(10,11)12/h3-9H,2H2,1H3,(H2,10,11,12)(H2,13,14,15)/t3-,4-,5+,6-,7+/m1/s1. The van der Waals surface area contributed by atoms with Crippen LogP contribution in [-0.4, -0.2) is 74.2 Å². The average molecular weight is 354 g/mol. The van der Waals surface area contributed by atoms with Crippen molar-refractivity contribution < 1.29 is 57.4 Å². The van der Waals surface area contributed by atoms with Crippen LogP contribution < -0.4 is 0 Å². The molecule has 14 heteroatoms. The molecule has 12 nitrogen and oxygen atoms in total. The Balaban J connectivity index is 3.10. The third-order valence-electron chi connectivity index (χ3n) is 2.54. The van der Waals surface area contributed by atoms with Gasteiger partial charge in [-0.2, -0.15) is 0 Å². The second-order valence-electron chi connectivity index (χ2n) is 4.07. The van der Waals surface area contributed by atoms with E-state index >= 15 is 0 Å². The van der Waals surface area contributed by atoms with Crippen LogP contribution in [0.5, 0.6) is 0 Å². The summed E-state index contributed by atoms with van der Waals surface area (Å²) in [4.78, 5) is 35.2. The molecule has 0 spiro atoms. The van der Waals surface area contributed by atoms with E-state index in [0.717, 1.165) is 7.11 Å². The highest BCUT2D eigenvalue weighted by atomic mass is 31.2. The molecule has 0 aromatic heterocycles. The van der Waals surface area contributed by atoms with Gasteiger partial charge >= 0.3 is 15.6 Å². The van der Waals surface area contributed by atoms with Crippen molar-refractivity contribution in [1.82, 2.24) is 0 Å². The van der Waals surface area contributed by atoms with Crippen molar-refractivity contribution in [2.24, 2.45) is 0 Å². The van der Waals surface area contributed by atoms with Gasteiger partial charge in [0, 0.05) is 7.11 Å². The molecule has 1 aliphatic rings. The predicted octanol–water partition coefficient (Wildman–Crippen LogP) is -2.33. The molecular weight excluding hydrogens is 338 g/mol. The van der Waals surface area contributed by atoms with Gasteiger partial charge in [-0.1, -0.05) is 0 Å². The van der Waals surface area contributed by atoms with Crippen molar-refractivity contribution in [3.8, 4) is 0 Å². The Morgan fingerprint density at radius 3 is 1.90 bits per heavy atom. The molecular formula is C7H16O12P2. The number of rotatable bonds is 6. The molecule has 1 fully saturated rings. The van der Waals surface area contributed by atoms with Crippen LogP contribution >= 0.6 is 15.6 Å². The summed E-state index contributed by atoms with van der Waals surface area (Å²) in [6, 6.07) is 0. The third kappa shape index (κ3) is 5.64. The van der Waals surface area contributed by atoms with Gasteiger partial charge < -0.3 is 39.3 Å². The summed E-state index contributed by atoms with van der Waals surface area (Å²) in [5.74, 6) is 0. The highest BCUT2D eigenvalue weighted by molar-refractivity contribution is 7.46. The van der Waals surface area contributed by atoms with E-state index in [9.17, 15) is 14.2 Å². The van der Waals surface area contributed by atoms with E-state index in [2.05, 4.69) is 9.05 Å². The van der Waals surface area contributed by atoms with Crippen molar-refractivity contribution in [1.29, 1.82) is 0 Å². The van der Waals surface area contributed by atoms with E-state index in [1.165, 1.54) is 0 Å². The summed E-state index contributed by atoms with van der Waals surface area (Å²) in [7, 11) is -9.15. The fourth-order valence-corrected chi connectivity index (χ4v) is 2.93. The van der Waals surface area contributed by atoms with E-state index < -0.39 is 53.0 Å². The Morgan fingerprint density at radius 1 is 1.05 bits per heavy atom. The smallest absolute Gasteiger partial charge is 0.394 e. The zero-order chi connectivity index (χ0) is 16.4. The molecule has 6 N–H and O–H groups in total. The number of aliphatic hydroxyl groups is 2. The summed E-state index contributed by atoms with van der Waals surface area (Å²) in [5.41, 5.74) is 0. The minimum Gasteiger partial charge on any atom is -0.394 e. The molecule has 0 aliphatic carbocycles. The lowest BCUT2D eigenvalue weighted by molar-refractivity contribution is -0.288. The molecule has 0 aromatic carbocycles. The predicted molar refractivity (Wildman–Crippen MR) is 62.6 cm³/mol. The Morgan fingerprint density at radius 2 is 1.52 bits per heavy atom. The van der Waals surface area contributed by atoms with E-state index in [1.54, 1.807) is 0 Å². The van der Waals surface area contributed by atoms with Crippen molar-refractivity contribution in [2.45, 2.75) is 30.7 Å². The van der Waals surface area contributed by atoms with Gasteiger partial charge in [0.2, 0.25) is 0 Å². The Bertz CT molecular complexity index is 429. The molecule has 1 aliphatic heterocycles. The molecule has 0 radical (unpaired) electrons. The molecule has 1 heterocycles. The van der Waals surface area contributed by atoms with Gasteiger partial charge in [-0.3, -0.25) is 9.05 Å². The summed E-state index contributed by atoms with van der Waals surface area (Å²) in [6.07, 6.45) is -8.49. The first-order valence-corrected chi connectivity index (χ1v) is 8.49. The van der Waals surface area contributed by atoms with Crippen molar-refractivity contribution in [2.75, 3.05) is 13.7 Å². The van der Waals surface area contributed by atoms with Gasteiger partial charge in [-0.15, -0.1) is 0 Å². The number of phosphoric ester groups is 2. The molecule has 21 heavy (non-hydrogen) atoms. The number of phosphoric acid groups is 2. The molecule has 0 bridgehead atoms. The Kier molecular flexibility index (Phi) is 6.45. The fourth-order valence-electron chi connectivity index (χ4n) is 1.80. The molecule has 5 atom stereocenters. The first-order valence-electron chi connectivity index (χ1n) is 5.43. The monoisotopic (exact) mass is 354 g/mol. The van der Waals surface area contributed by atoms with Gasteiger partial charge in [-0.25, -0.2) is 9.13 Å². The first kappa shape index (κ1) is 19.1. The number of hydrogen-bond donors (Lipinski definition) is 6. The lowest BCUT2D eigenvalue weighted by Crippen LogP contribution is -2.60. The molecule has 1 saturated heterocycles. The second kappa shape index (κ2) is 7.09. The van der Waals surface area contributed by atoms with E-state index in [4.69, 9.17) is 34.2 Å². The first-order chi connectivity index (χ1) is 9.48. The van der Waals surface area contributed by atoms with Crippen molar-refractivity contribution >= 4 is 15.6 Å². The number of hydrogen-bond acceptors (Lipinski definition) is 8. The van der Waals surface area contributed by atoms with Crippen LogP contribution in [0.2, 0.25) is 0 Å². The summed E-state index contributed by atoms with van der Waals surface area (Å²) >= 11 is 0. The van der Waals surface area contributed by atoms with E-state index in [-0.39, 0.29) is 0 Å². The maximum Gasteiger partial charge on any atom is 0.470 e. The van der Waals surface area contributed by atoms with Crippen LogP contribution in [0.1, 0.15) is 0 Å². The summed E-state index contributed by atoms with van der Waals surface area (Å²) < 4.78 is 40.1. The zero-order valence-electron chi connectivity index (χ0n) is 10.6. The minimum atomic E-state index is -5.13. The SMILES string of the molecule is CO[C@H]1O[C@H](CO)[C@H](OP(=O)(O)O)[C@H](OP(=O)(O)O)[C@H]1O. The molecule has 126 valence electrons. The molecule has 0 saturated carbocycles. The number of aliphatic hydroxyl groups excluding tert-OH is 2. The number of ether oxygens (including phenoxy) is 2. The van der Waals surface area contributed by atoms with Gasteiger partial charge in [-0.05, 0) is 0 Å². The number of methoxy groups -OCH3 is 1. The fraction of sp³-hybridized carbons (Fsp3) is 1.00. The maximum atomic E-state index is 10.9. The molecule has 0 aromatic rings. The van der Waals surface area contributed by atoms with Crippen LogP contribution in [0.3, 0.4) is 0 Å².